The molecule has 1 saturated carbocycles. The van der Waals surface area contributed by atoms with E-state index >= 15 is 0 Å². The molecule has 0 aromatic heterocycles. The van der Waals surface area contributed by atoms with E-state index in [1.165, 1.54) is 25.7 Å². The normalized spacial score (nSPS) is 21.8. The van der Waals surface area contributed by atoms with Gasteiger partial charge in [-0.15, -0.1) is 0 Å². The molecule has 3 heteroatoms. The second-order valence-electron chi connectivity index (χ2n) is 4.83. The topological polar surface area (TPSA) is 41.5 Å². The van der Waals surface area contributed by atoms with Gasteiger partial charge in [0, 0.05) is 13.7 Å². The largest absolute Gasteiger partial charge is 0.390 e. The van der Waals surface area contributed by atoms with E-state index in [1.54, 1.807) is 7.11 Å². The van der Waals surface area contributed by atoms with Crippen molar-refractivity contribution in [3.8, 4) is 0 Å². The molecule has 0 spiro atoms. The molecule has 1 rings (SSSR count). The first-order chi connectivity index (χ1) is 7.17. The van der Waals surface area contributed by atoms with Crippen LogP contribution in [0.4, 0.5) is 0 Å². The van der Waals surface area contributed by atoms with E-state index < -0.39 is 5.60 Å². The van der Waals surface area contributed by atoms with Crippen LogP contribution in [0.25, 0.3) is 0 Å². The summed E-state index contributed by atoms with van der Waals surface area (Å²) in [6.07, 6.45) is 5.83. The second-order valence-corrected chi connectivity index (χ2v) is 4.83. The molecule has 1 atom stereocenters. The molecule has 1 aliphatic carbocycles. The summed E-state index contributed by atoms with van der Waals surface area (Å²) in [6, 6.07) is 0. The summed E-state index contributed by atoms with van der Waals surface area (Å²) < 4.78 is 4.95. The van der Waals surface area contributed by atoms with Crippen LogP contribution in [0.3, 0.4) is 0 Å². The summed E-state index contributed by atoms with van der Waals surface area (Å²) >= 11 is 0. The molecule has 15 heavy (non-hydrogen) atoms. The number of nitrogens with one attached hydrogen (secondary N) is 1. The minimum Gasteiger partial charge on any atom is -0.390 e. The first kappa shape index (κ1) is 12.9. The molecule has 1 unspecified atom stereocenters. The van der Waals surface area contributed by atoms with Crippen molar-refractivity contribution in [1.82, 2.24) is 5.32 Å². The summed E-state index contributed by atoms with van der Waals surface area (Å²) in [4.78, 5) is 0. The minimum atomic E-state index is -0.476. The average molecular weight is 215 g/mol. The number of hydrogen-bond donors (Lipinski definition) is 2. The molecule has 90 valence electrons. The molecule has 1 fully saturated rings. The van der Waals surface area contributed by atoms with Gasteiger partial charge in [-0.25, -0.2) is 0 Å². The molecule has 0 heterocycles. The Morgan fingerprint density at radius 1 is 1.33 bits per heavy atom. The number of rotatable bonds is 7. The summed E-state index contributed by atoms with van der Waals surface area (Å²) in [5.74, 6) is 0.515. The van der Waals surface area contributed by atoms with Crippen molar-refractivity contribution in [2.75, 3.05) is 26.8 Å². The van der Waals surface area contributed by atoms with Crippen molar-refractivity contribution in [3.63, 3.8) is 0 Å². The summed E-state index contributed by atoms with van der Waals surface area (Å²) in [7, 11) is 1.70. The van der Waals surface area contributed by atoms with Crippen LogP contribution in [0.15, 0.2) is 0 Å². The second kappa shape index (κ2) is 6.46. The van der Waals surface area contributed by atoms with Gasteiger partial charge in [0.05, 0.1) is 12.2 Å². The Bertz CT molecular complexity index is 165. The van der Waals surface area contributed by atoms with Crippen molar-refractivity contribution in [1.29, 1.82) is 0 Å². The smallest absolute Gasteiger partial charge is 0.0659 e. The van der Waals surface area contributed by atoms with Gasteiger partial charge in [0.25, 0.3) is 0 Å². The Morgan fingerprint density at radius 3 is 2.60 bits per heavy atom. The molecule has 2 N–H and O–H groups in total. The standard InChI is InChI=1S/C12H25NO2/c1-12(14,11-5-3-4-6-11)7-8-13-9-10-15-2/h11,13-14H,3-10H2,1-2H3. The maximum absolute atomic E-state index is 10.3. The monoisotopic (exact) mass is 215 g/mol. The first-order valence-electron chi connectivity index (χ1n) is 6.09. The fourth-order valence-corrected chi connectivity index (χ4v) is 2.39. The lowest BCUT2D eigenvalue weighted by molar-refractivity contribution is -0.00602. The highest BCUT2D eigenvalue weighted by atomic mass is 16.5. The van der Waals surface area contributed by atoms with Crippen molar-refractivity contribution < 1.29 is 9.84 Å². The third kappa shape index (κ3) is 4.49. The molecule has 0 aliphatic heterocycles. The molecule has 0 bridgehead atoms. The highest BCUT2D eigenvalue weighted by molar-refractivity contribution is 4.85. The van der Waals surface area contributed by atoms with Crippen LogP contribution in [0, 0.1) is 5.92 Å². The van der Waals surface area contributed by atoms with Crippen LogP contribution in [0.2, 0.25) is 0 Å². The van der Waals surface area contributed by atoms with Crippen LogP contribution in [0.1, 0.15) is 39.0 Å². The lowest BCUT2D eigenvalue weighted by Crippen LogP contribution is -2.37. The van der Waals surface area contributed by atoms with E-state index in [-0.39, 0.29) is 0 Å². The van der Waals surface area contributed by atoms with Gasteiger partial charge in [0.15, 0.2) is 0 Å². The Labute approximate surface area is 93.2 Å². The minimum absolute atomic E-state index is 0.476. The Balaban J connectivity index is 2.12. The molecule has 0 amide bonds. The van der Waals surface area contributed by atoms with Gasteiger partial charge in [-0.2, -0.15) is 0 Å². The van der Waals surface area contributed by atoms with Crippen LogP contribution in [-0.2, 0) is 4.74 Å². The number of hydrogen-bond acceptors (Lipinski definition) is 3. The molecular weight excluding hydrogens is 190 g/mol. The van der Waals surface area contributed by atoms with Crippen molar-refractivity contribution in [2.24, 2.45) is 5.92 Å². The molecule has 0 aromatic rings. The van der Waals surface area contributed by atoms with Gasteiger partial charge in [-0.05, 0) is 38.6 Å². The zero-order valence-corrected chi connectivity index (χ0v) is 10.1. The van der Waals surface area contributed by atoms with Gasteiger partial charge >= 0.3 is 0 Å². The van der Waals surface area contributed by atoms with Crippen molar-refractivity contribution >= 4 is 0 Å². The van der Waals surface area contributed by atoms with Crippen LogP contribution < -0.4 is 5.32 Å². The van der Waals surface area contributed by atoms with E-state index in [2.05, 4.69) is 5.32 Å². The predicted molar refractivity (Wildman–Crippen MR) is 61.9 cm³/mol. The van der Waals surface area contributed by atoms with E-state index in [0.717, 1.165) is 26.1 Å². The zero-order valence-electron chi connectivity index (χ0n) is 10.1. The third-order valence-electron chi connectivity index (χ3n) is 3.53. The van der Waals surface area contributed by atoms with E-state index in [9.17, 15) is 5.11 Å². The number of aliphatic hydroxyl groups is 1. The van der Waals surface area contributed by atoms with Gasteiger partial charge in [0.1, 0.15) is 0 Å². The van der Waals surface area contributed by atoms with Crippen molar-refractivity contribution in [2.45, 2.75) is 44.6 Å². The van der Waals surface area contributed by atoms with Gasteiger partial charge in [-0.1, -0.05) is 12.8 Å². The Hall–Kier alpha value is -0.120. The number of ether oxygens (including phenoxy) is 1. The molecule has 1 aliphatic rings. The zero-order chi connectivity index (χ0) is 11.1. The van der Waals surface area contributed by atoms with Gasteiger partial charge in [0.2, 0.25) is 0 Å². The third-order valence-corrected chi connectivity index (χ3v) is 3.53. The Kier molecular flexibility index (Phi) is 5.58. The highest BCUT2D eigenvalue weighted by Crippen LogP contribution is 2.35. The van der Waals surface area contributed by atoms with Gasteiger partial charge in [-0.3, -0.25) is 0 Å². The summed E-state index contributed by atoms with van der Waals surface area (Å²) in [6.45, 7) is 4.48. The van der Waals surface area contributed by atoms with E-state index in [0.29, 0.717) is 5.92 Å². The predicted octanol–water partition coefficient (Wildman–Crippen LogP) is 1.55. The average Bonchev–Trinajstić information content (AvgIpc) is 2.70. The Morgan fingerprint density at radius 2 is 2.00 bits per heavy atom. The van der Waals surface area contributed by atoms with Crippen LogP contribution in [-0.4, -0.2) is 37.5 Å². The van der Waals surface area contributed by atoms with E-state index in [4.69, 9.17) is 4.74 Å². The SMILES string of the molecule is COCCNCCC(C)(O)C1CCCC1. The lowest BCUT2D eigenvalue weighted by atomic mass is 9.85. The first-order valence-corrected chi connectivity index (χ1v) is 6.09. The molecule has 0 radical (unpaired) electrons. The van der Waals surface area contributed by atoms with Gasteiger partial charge < -0.3 is 15.2 Å². The maximum atomic E-state index is 10.3. The highest BCUT2D eigenvalue weighted by Gasteiger charge is 2.33. The summed E-state index contributed by atoms with van der Waals surface area (Å²) in [5, 5.41) is 13.6. The molecular formula is C12H25NO2. The molecule has 0 saturated heterocycles. The summed E-state index contributed by atoms with van der Waals surface area (Å²) in [5.41, 5.74) is -0.476. The van der Waals surface area contributed by atoms with Crippen LogP contribution in [0.5, 0.6) is 0 Å². The maximum Gasteiger partial charge on any atom is 0.0659 e. The number of methoxy groups -OCH3 is 1. The van der Waals surface area contributed by atoms with E-state index in [1.807, 2.05) is 6.92 Å². The molecule has 0 aromatic carbocycles. The fraction of sp³-hybridized carbons (Fsp3) is 1.00. The van der Waals surface area contributed by atoms with Crippen molar-refractivity contribution in [3.05, 3.63) is 0 Å². The quantitative estimate of drug-likeness (QED) is 0.633. The fourth-order valence-electron chi connectivity index (χ4n) is 2.39. The molecule has 3 nitrogen and oxygen atoms in total. The lowest BCUT2D eigenvalue weighted by Gasteiger charge is -2.30. The van der Waals surface area contributed by atoms with Crippen LogP contribution >= 0.6 is 0 Å².